The number of benzene rings is 1. The molecule has 7 nitrogen and oxygen atoms in total. The second-order valence-corrected chi connectivity index (χ2v) is 7.37. The average molecular weight is 395 g/mol. The van der Waals surface area contributed by atoms with Gasteiger partial charge in [-0.3, -0.25) is 14.6 Å². The second kappa shape index (κ2) is 7.14. The first kappa shape index (κ1) is 17.1. The third kappa shape index (κ3) is 3.64. The van der Waals surface area contributed by atoms with E-state index in [1.165, 1.54) is 11.3 Å². The van der Waals surface area contributed by atoms with Gasteiger partial charge in [0, 0.05) is 28.8 Å². The van der Waals surface area contributed by atoms with E-state index in [4.69, 9.17) is 5.73 Å². The molecule has 0 fully saturated rings. The van der Waals surface area contributed by atoms with Crippen LogP contribution in [0.15, 0.2) is 53.5 Å². The molecule has 1 aromatic carbocycles. The topological polar surface area (TPSA) is 110 Å². The number of primary amides is 1. The molecule has 0 unspecified atom stereocenters. The van der Waals surface area contributed by atoms with Gasteiger partial charge in [0.05, 0.1) is 5.56 Å². The Morgan fingerprint density at radius 3 is 2.78 bits per heavy atom. The lowest BCUT2D eigenvalue weighted by molar-refractivity contribution is 0.0997. The molecule has 134 valence electrons. The van der Waals surface area contributed by atoms with Gasteiger partial charge in [0.15, 0.2) is 10.8 Å². The monoisotopic (exact) mass is 395 g/mol. The fourth-order valence-corrected chi connectivity index (χ4v) is 4.00. The Hall–Kier alpha value is -3.30. The smallest absolute Gasteiger partial charge is 0.270 e. The maximum atomic E-state index is 12.3. The number of amides is 2. The molecule has 2 amide bonds. The van der Waals surface area contributed by atoms with Crippen LogP contribution in [0.3, 0.4) is 0 Å². The molecule has 0 spiro atoms. The number of hydrogen-bond donors (Lipinski definition) is 3. The van der Waals surface area contributed by atoms with Crippen molar-refractivity contribution >= 4 is 61.1 Å². The van der Waals surface area contributed by atoms with E-state index in [-0.39, 0.29) is 11.6 Å². The highest BCUT2D eigenvalue weighted by molar-refractivity contribution is 7.20. The van der Waals surface area contributed by atoms with Crippen LogP contribution in [0.5, 0.6) is 0 Å². The molecule has 27 heavy (non-hydrogen) atoms. The Balaban J connectivity index is 1.61. The van der Waals surface area contributed by atoms with E-state index in [0.29, 0.717) is 15.7 Å². The summed E-state index contributed by atoms with van der Waals surface area (Å²) >= 11 is 2.56. The molecule has 0 atom stereocenters. The Morgan fingerprint density at radius 2 is 2.00 bits per heavy atom. The van der Waals surface area contributed by atoms with Crippen molar-refractivity contribution in [2.24, 2.45) is 5.73 Å². The van der Waals surface area contributed by atoms with Crippen molar-refractivity contribution in [3.05, 3.63) is 64.7 Å². The van der Waals surface area contributed by atoms with Gasteiger partial charge in [0.25, 0.3) is 11.8 Å². The minimum absolute atomic E-state index is 0.0218. The fraction of sp³-hybridized carbons (Fsp3) is 0. The summed E-state index contributed by atoms with van der Waals surface area (Å²) in [5, 5.41) is 12.2. The Kier molecular flexibility index (Phi) is 4.53. The number of carbonyl (C=O) groups excluding carboxylic acids is 2. The lowest BCUT2D eigenvalue weighted by atomic mass is 10.1. The molecule has 9 heteroatoms. The summed E-state index contributed by atoms with van der Waals surface area (Å²) in [4.78, 5) is 32.3. The molecule has 4 aromatic rings. The fourth-order valence-electron chi connectivity index (χ4n) is 2.48. The Bertz CT molecular complexity index is 1140. The number of nitrogens with one attached hydrogen (secondary N) is 2. The predicted molar refractivity (Wildman–Crippen MR) is 108 cm³/mol. The van der Waals surface area contributed by atoms with Crippen LogP contribution >= 0.6 is 22.7 Å². The average Bonchev–Trinajstić information content (AvgIpc) is 3.32. The lowest BCUT2D eigenvalue weighted by Crippen LogP contribution is -2.17. The largest absolute Gasteiger partial charge is 0.364 e. The van der Waals surface area contributed by atoms with Crippen LogP contribution in [-0.2, 0) is 0 Å². The van der Waals surface area contributed by atoms with Gasteiger partial charge >= 0.3 is 0 Å². The number of anilines is 3. The molecule has 0 radical (unpaired) electrons. The molecule has 4 N–H and O–H groups in total. The van der Waals surface area contributed by atoms with Crippen LogP contribution in [-0.4, -0.2) is 21.8 Å². The van der Waals surface area contributed by atoms with Gasteiger partial charge in [-0.2, -0.15) is 11.3 Å². The third-order valence-electron chi connectivity index (χ3n) is 3.76. The molecule has 4 rings (SSSR count). The maximum absolute atomic E-state index is 12.3. The number of carbonyl (C=O) groups is 2. The van der Waals surface area contributed by atoms with Gasteiger partial charge in [-0.1, -0.05) is 17.4 Å². The quantitative estimate of drug-likeness (QED) is 0.475. The summed E-state index contributed by atoms with van der Waals surface area (Å²) in [5.41, 5.74) is 6.73. The maximum Gasteiger partial charge on any atom is 0.270 e. The number of thiophene rings is 1. The van der Waals surface area contributed by atoms with Crippen molar-refractivity contribution in [3.8, 4) is 0 Å². The summed E-state index contributed by atoms with van der Waals surface area (Å²) < 4.78 is 0. The summed E-state index contributed by atoms with van der Waals surface area (Å²) in [6.07, 6.45) is 3.50. The highest BCUT2D eigenvalue weighted by atomic mass is 32.1. The van der Waals surface area contributed by atoms with Crippen LogP contribution in [0.25, 0.3) is 10.8 Å². The number of nitrogens with zero attached hydrogens (tertiary/aromatic N) is 2. The molecule has 0 saturated heterocycles. The highest BCUT2D eigenvalue weighted by Crippen LogP contribution is 2.31. The van der Waals surface area contributed by atoms with Crippen LogP contribution in [0.2, 0.25) is 0 Å². The van der Waals surface area contributed by atoms with Crippen molar-refractivity contribution in [3.63, 3.8) is 0 Å². The van der Waals surface area contributed by atoms with Crippen LogP contribution in [0.1, 0.15) is 20.8 Å². The number of pyridine rings is 1. The molecule has 0 bridgehead atoms. The number of nitrogens with two attached hydrogens (primary N) is 1. The first-order chi connectivity index (χ1) is 13.1. The van der Waals surface area contributed by atoms with Gasteiger partial charge in [0.1, 0.15) is 5.00 Å². The van der Waals surface area contributed by atoms with Crippen LogP contribution < -0.4 is 16.4 Å². The van der Waals surface area contributed by atoms with E-state index >= 15 is 0 Å². The summed E-state index contributed by atoms with van der Waals surface area (Å²) in [7, 11) is 0. The van der Waals surface area contributed by atoms with Gasteiger partial charge < -0.3 is 16.4 Å². The van der Waals surface area contributed by atoms with E-state index in [9.17, 15) is 9.59 Å². The van der Waals surface area contributed by atoms with E-state index in [1.807, 2.05) is 24.3 Å². The number of hydrogen-bond acceptors (Lipinski definition) is 7. The molecular weight excluding hydrogens is 382 g/mol. The second-order valence-electron chi connectivity index (χ2n) is 5.59. The van der Waals surface area contributed by atoms with Crippen molar-refractivity contribution in [1.29, 1.82) is 0 Å². The van der Waals surface area contributed by atoms with Gasteiger partial charge in [-0.05, 0) is 35.0 Å². The van der Waals surface area contributed by atoms with Crippen LogP contribution in [0, 0.1) is 0 Å². The number of aromatic nitrogens is 2. The summed E-state index contributed by atoms with van der Waals surface area (Å²) in [6, 6.07) is 9.41. The van der Waals surface area contributed by atoms with E-state index < -0.39 is 5.91 Å². The minimum atomic E-state index is -0.706. The first-order valence-corrected chi connectivity index (χ1v) is 9.61. The molecule has 0 aliphatic rings. The highest BCUT2D eigenvalue weighted by Gasteiger charge is 2.19. The Morgan fingerprint density at radius 1 is 1.11 bits per heavy atom. The third-order valence-corrected chi connectivity index (χ3v) is 5.33. The molecule has 0 aliphatic carbocycles. The van der Waals surface area contributed by atoms with Crippen molar-refractivity contribution in [2.75, 3.05) is 10.6 Å². The summed E-state index contributed by atoms with van der Waals surface area (Å²) in [5.74, 6) is -1.02. The van der Waals surface area contributed by atoms with Gasteiger partial charge in [-0.25, -0.2) is 4.98 Å². The van der Waals surface area contributed by atoms with E-state index in [1.54, 1.807) is 29.2 Å². The molecule has 3 aromatic heterocycles. The summed E-state index contributed by atoms with van der Waals surface area (Å²) in [6.45, 7) is 0. The zero-order valence-electron chi connectivity index (χ0n) is 13.8. The molecular formula is C18H13N5O2S2. The zero-order valence-corrected chi connectivity index (χ0v) is 15.4. The first-order valence-electron chi connectivity index (χ1n) is 7.85. The van der Waals surface area contributed by atoms with E-state index in [0.717, 1.165) is 27.8 Å². The lowest BCUT2D eigenvalue weighted by Gasteiger charge is -2.04. The molecule has 3 heterocycles. The minimum Gasteiger partial charge on any atom is -0.364 e. The van der Waals surface area contributed by atoms with Crippen LogP contribution in [0.4, 0.5) is 15.8 Å². The predicted octanol–water partition coefficient (Wildman–Crippen LogP) is 3.85. The van der Waals surface area contributed by atoms with Gasteiger partial charge in [-0.15, -0.1) is 0 Å². The van der Waals surface area contributed by atoms with Crippen molar-refractivity contribution < 1.29 is 9.59 Å². The number of fused-ring (bicyclic) bond motifs is 1. The van der Waals surface area contributed by atoms with Crippen molar-refractivity contribution in [1.82, 2.24) is 9.97 Å². The molecule has 0 saturated carbocycles. The van der Waals surface area contributed by atoms with E-state index in [2.05, 4.69) is 20.6 Å². The molecule has 0 aliphatic heterocycles. The standard InChI is InChI=1S/C18H13N5O2S2/c19-15(24)14-17(23-16(25)11-4-6-26-9-11)27-18(22-14)21-13-2-1-10-3-5-20-8-12(10)7-13/h1-9H,(H2,19,24)(H,21,22)(H,23,25). The zero-order chi connectivity index (χ0) is 18.8. The number of rotatable bonds is 5. The number of thiazole rings is 1. The SMILES string of the molecule is NC(=O)c1nc(Nc2ccc3ccncc3c2)sc1NC(=O)c1ccsc1. The van der Waals surface area contributed by atoms with Gasteiger partial charge in [0.2, 0.25) is 0 Å². The Labute approximate surface area is 161 Å². The normalized spacial score (nSPS) is 10.7. The van der Waals surface area contributed by atoms with Crippen molar-refractivity contribution in [2.45, 2.75) is 0 Å².